The maximum absolute atomic E-state index is 5.60. The summed E-state index contributed by atoms with van der Waals surface area (Å²) < 4.78 is 16.3. The number of epoxide rings is 1. The minimum atomic E-state index is 0.0519. The second kappa shape index (κ2) is 3.95. The van der Waals surface area contributed by atoms with Crippen molar-refractivity contribution in [2.75, 3.05) is 19.8 Å². The van der Waals surface area contributed by atoms with Gasteiger partial charge < -0.3 is 14.2 Å². The Kier molecular flexibility index (Phi) is 2.86. The van der Waals surface area contributed by atoms with Gasteiger partial charge in [-0.25, -0.2) is 0 Å². The Balaban J connectivity index is 1.56. The Labute approximate surface area is 79.4 Å². The van der Waals surface area contributed by atoms with Gasteiger partial charge in [-0.2, -0.15) is 0 Å². The van der Waals surface area contributed by atoms with Crippen LogP contribution in [-0.2, 0) is 14.2 Å². The van der Waals surface area contributed by atoms with Gasteiger partial charge in [-0.3, -0.25) is 0 Å². The molecule has 0 saturated carbocycles. The van der Waals surface area contributed by atoms with Crippen LogP contribution in [0.15, 0.2) is 0 Å². The first-order valence-corrected chi connectivity index (χ1v) is 5.16. The summed E-state index contributed by atoms with van der Waals surface area (Å²) in [6, 6.07) is 0. The summed E-state index contributed by atoms with van der Waals surface area (Å²) in [5.41, 5.74) is 0.120. The fourth-order valence-corrected chi connectivity index (χ4v) is 1.52. The van der Waals surface area contributed by atoms with Crippen LogP contribution in [0.1, 0.15) is 32.6 Å². The van der Waals surface area contributed by atoms with Crippen molar-refractivity contribution in [3.8, 4) is 0 Å². The minimum absolute atomic E-state index is 0.0519. The minimum Gasteiger partial charge on any atom is -0.370 e. The van der Waals surface area contributed by atoms with Gasteiger partial charge in [0, 0.05) is 13.0 Å². The van der Waals surface area contributed by atoms with Crippen LogP contribution >= 0.6 is 0 Å². The molecule has 0 N–H and O–H groups in total. The summed E-state index contributed by atoms with van der Waals surface area (Å²) in [6.07, 6.45) is 4.51. The first kappa shape index (κ1) is 9.44. The second-order valence-electron chi connectivity index (χ2n) is 4.16. The zero-order valence-electron chi connectivity index (χ0n) is 8.25. The van der Waals surface area contributed by atoms with Gasteiger partial charge in [0.1, 0.15) is 0 Å². The maximum atomic E-state index is 5.60. The van der Waals surface area contributed by atoms with Gasteiger partial charge in [0.2, 0.25) is 0 Å². The fraction of sp³-hybridized carbons (Fsp3) is 1.00. The van der Waals surface area contributed by atoms with E-state index in [2.05, 4.69) is 6.92 Å². The molecule has 2 unspecified atom stereocenters. The van der Waals surface area contributed by atoms with E-state index in [0.717, 1.165) is 32.7 Å². The molecule has 2 fully saturated rings. The number of ether oxygens (including phenoxy) is 3. The van der Waals surface area contributed by atoms with E-state index in [-0.39, 0.29) is 11.9 Å². The third kappa shape index (κ3) is 2.93. The molecule has 0 aromatic rings. The lowest BCUT2D eigenvalue weighted by Crippen LogP contribution is -2.24. The Hall–Kier alpha value is -0.120. The molecule has 3 nitrogen and oxygen atoms in total. The highest BCUT2D eigenvalue weighted by Crippen LogP contribution is 2.29. The number of hydrogen-bond donors (Lipinski definition) is 0. The molecule has 2 heterocycles. The van der Waals surface area contributed by atoms with E-state index in [1.807, 2.05) is 0 Å². The summed E-state index contributed by atoms with van der Waals surface area (Å²) in [5, 5.41) is 0. The number of rotatable bonds is 4. The zero-order chi connectivity index (χ0) is 9.15. The van der Waals surface area contributed by atoms with E-state index in [1.165, 1.54) is 12.8 Å². The summed E-state index contributed by atoms with van der Waals surface area (Å²) in [6.45, 7) is 4.64. The average Bonchev–Trinajstić information content (AvgIpc) is 2.86. The number of hydrogen-bond acceptors (Lipinski definition) is 3. The highest BCUT2D eigenvalue weighted by molar-refractivity contribution is 4.86. The van der Waals surface area contributed by atoms with Crippen LogP contribution in [0.4, 0.5) is 0 Å². The van der Waals surface area contributed by atoms with Crippen LogP contribution in [0.3, 0.4) is 0 Å². The molecule has 0 bridgehead atoms. The summed E-state index contributed by atoms with van der Waals surface area (Å²) >= 11 is 0. The van der Waals surface area contributed by atoms with Crippen LogP contribution in [0.5, 0.6) is 0 Å². The van der Waals surface area contributed by atoms with Crippen molar-refractivity contribution in [2.24, 2.45) is 0 Å². The third-order valence-corrected chi connectivity index (χ3v) is 2.71. The van der Waals surface area contributed by atoms with Gasteiger partial charge in [-0.05, 0) is 26.2 Å². The van der Waals surface area contributed by atoms with Crippen molar-refractivity contribution < 1.29 is 14.2 Å². The summed E-state index contributed by atoms with van der Waals surface area (Å²) in [5.74, 6) is 0. The highest BCUT2D eigenvalue weighted by Gasteiger charge is 2.38. The van der Waals surface area contributed by atoms with E-state index in [1.54, 1.807) is 0 Å². The zero-order valence-corrected chi connectivity index (χ0v) is 8.25. The lowest BCUT2D eigenvalue weighted by molar-refractivity contribution is -0.164. The molecule has 0 amide bonds. The fourth-order valence-electron chi connectivity index (χ4n) is 1.52. The molecule has 2 aliphatic rings. The van der Waals surface area contributed by atoms with E-state index in [9.17, 15) is 0 Å². The van der Waals surface area contributed by atoms with Gasteiger partial charge in [-0.15, -0.1) is 0 Å². The van der Waals surface area contributed by atoms with Crippen LogP contribution in [0.25, 0.3) is 0 Å². The molecule has 2 atom stereocenters. The Morgan fingerprint density at radius 1 is 1.46 bits per heavy atom. The largest absolute Gasteiger partial charge is 0.370 e. The SMILES string of the molecule is CC1(CCOC2CCCCO2)CO1. The lowest BCUT2D eigenvalue weighted by atomic mass is 10.1. The van der Waals surface area contributed by atoms with Crippen molar-refractivity contribution in [3.05, 3.63) is 0 Å². The Morgan fingerprint density at radius 3 is 2.92 bits per heavy atom. The van der Waals surface area contributed by atoms with Crippen molar-refractivity contribution in [2.45, 2.75) is 44.5 Å². The van der Waals surface area contributed by atoms with Crippen LogP contribution in [0.2, 0.25) is 0 Å². The second-order valence-corrected chi connectivity index (χ2v) is 4.16. The van der Waals surface area contributed by atoms with E-state index < -0.39 is 0 Å². The van der Waals surface area contributed by atoms with E-state index >= 15 is 0 Å². The molecular formula is C10H18O3. The maximum Gasteiger partial charge on any atom is 0.157 e. The van der Waals surface area contributed by atoms with Crippen molar-refractivity contribution in [3.63, 3.8) is 0 Å². The molecule has 0 aromatic carbocycles. The molecule has 2 aliphatic heterocycles. The molecule has 13 heavy (non-hydrogen) atoms. The normalized spacial score (nSPS) is 39.0. The molecule has 3 heteroatoms. The lowest BCUT2D eigenvalue weighted by Gasteiger charge is -2.22. The molecule has 2 rings (SSSR count). The smallest absolute Gasteiger partial charge is 0.157 e. The van der Waals surface area contributed by atoms with Gasteiger partial charge in [0.05, 0.1) is 18.8 Å². The van der Waals surface area contributed by atoms with Crippen molar-refractivity contribution in [1.29, 1.82) is 0 Å². The van der Waals surface area contributed by atoms with E-state index in [0.29, 0.717) is 0 Å². The summed E-state index contributed by atoms with van der Waals surface area (Å²) in [4.78, 5) is 0. The Morgan fingerprint density at radius 2 is 2.31 bits per heavy atom. The Bertz CT molecular complexity index is 160. The van der Waals surface area contributed by atoms with E-state index in [4.69, 9.17) is 14.2 Å². The van der Waals surface area contributed by atoms with Crippen molar-refractivity contribution >= 4 is 0 Å². The van der Waals surface area contributed by atoms with Gasteiger partial charge in [-0.1, -0.05) is 0 Å². The first-order valence-electron chi connectivity index (χ1n) is 5.16. The standard InChI is InChI=1S/C10H18O3/c1-10(8-13-10)5-7-12-9-4-2-3-6-11-9/h9H,2-8H2,1H3. The molecule has 0 aromatic heterocycles. The van der Waals surface area contributed by atoms with Crippen LogP contribution < -0.4 is 0 Å². The van der Waals surface area contributed by atoms with Gasteiger partial charge in [0.25, 0.3) is 0 Å². The highest BCUT2D eigenvalue weighted by atomic mass is 16.7. The van der Waals surface area contributed by atoms with Crippen LogP contribution in [-0.4, -0.2) is 31.7 Å². The average molecular weight is 186 g/mol. The van der Waals surface area contributed by atoms with Gasteiger partial charge in [0.15, 0.2) is 6.29 Å². The topological polar surface area (TPSA) is 31.0 Å². The van der Waals surface area contributed by atoms with Crippen LogP contribution in [0, 0.1) is 0 Å². The molecule has 0 spiro atoms. The van der Waals surface area contributed by atoms with Crippen molar-refractivity contribution in [1.82, 2.24) is 0 Å². The summed E-state index contributed by atoms with van der Waals surface area (Å²) in [7, 11) is 0. The first-order chi connectivity index (χ1) is 6.29. The third-order valence-electron chi connectivity index (χ3n) is 2.71. The predicted octanol–water partition coefficient (Wildman–Crippen LogP) is 1.71. The molecule has 0 aliphatic carbocycles. The monoisotopic (exact) mass is 186 g/mol. The molecular weight excluding hydrogens is 168 g/mol. The molecule has 0 radical (unpaired) electrons. The quantitative estimate of drug-likeness (QED) is 0.626. The van der Waals surface area contributed by atoms with Gasteiger partial charge >= 0.3 is 0 Å². The molecule has 2 saturated heterocycles. The predicted molar refractivity (Wildman–Crippen MR) is 48.5 cm³/mol. The molecule has 76 valence electrons.